The summed E-state index contributed by atoms with van der Waals surface area (Å²) in [4.78, 5) is 24.1. The van der Waals surface area contributed by atoms with Gasteiger partial charge in [-0.15, -0.1) is 0 Å². The number of amides is 1. The molecule has 1 aromatic heterocycles. The van der Waals surface area contributed by atoms with Gasteiger partial charge in [0.1, 0.15) is 5.76 Å². The summed E-state index contributed by atoms with van der Waals surface area (Å²) in [5, 5.41) is 8.94. The minimum atomic E-state index is -0.819. The third kappa shape index (κ3) is 2.87. The van der Waals surface area contributed by atoms with Crippen molar-refractivity contribution in [2.24, 2.45) is 5.92 Å². The Bertz CT molecular complexity index is 399. The van der Waals surface area contributed by atoms with E-state index in [0.29, 0.717) is 32.4 Å². The lowest BCUT2D eigenvalue weighted by atomic mass is 9.97. The maximum absolute atomic E-state index is 11.6. The standard InChI is InChI=1S/C12H15NO4/c14-11-4-3-9(12(15)16)8-13(11)6-5-10-2-1-7-17-10/h1-2,7,9H,3-6,8H2,(H,15,16). The van der Waals surface area contributed by atoms with Crippen molar-refractivity contribution in [1.82, 2.24) is 4.90 Å². The van der Waals surface area contributed by atoms with Crippen LogP contribution in [0.25, 0.3) is 0 Å². The van der Waals surface area contributed by atoms with Gasteiger partial charge in [0.2, 0.25) is 5.91 Å². The Labute approximate surface area is 99.0 Å². The van der Waals surface area contributed by atoms with Crippen LogP contribution in [0.2, 0.25) is 0 Å². The van der Waals surface area contributed by atoms with Gasteiger partial charge in [-0.3, -0.25) is 9.59 Å². The van der Waals surface area contributed by atoms with Crippen LogP contribution < -0.4 is 0 Å². The molecule has 0 aromatic carbocycles. The molecule has 0 spiro atoms. The molecule has 1 unspecified atom stereocenters. The first-order valence-corrected chi connectivity index (χ1v) is 5.70. The van der Waals surface area contributed by atoms with Gasteiger partial charge in [-0.05, 0) is 18.6 Å². The van der Waals surface area contributed by atoms with E-state index in [1.165, 1.54) is 0 Å². The highest BCUT2D eigenvalue weighted by Crippen LogP contribution is 2.18. The average Bonchev–Trinajstić information content (AvgIpc) is 2.80. The van der Waals surface area contributed by atoms with Crippen LogP contribution in [0.15, 0.2) is 22.8 Å². The lowest BCUT2D eigenvalue weighted by Gasteiger charge is -2.30. The molecule has 92 valence electrons. The Kier molecular flexibility index (Phi) is 3.46. The first-order chi connectivity index (χ1) is 8.16. The highest BCUT2D eigenvalue weighted by Gasteiger charge is 2.29. The number of carbonyl (C=O) groups is 2. The maximum Gasteiger partial charge on any atom is 0.308 e. The molecule has 1 atom stereocenters. The van der Waals surface area contributed by atoms with Crippen LogP contribution in [-0.2, 0) is 16.0 Å². The Balaban J connectivity index is 1.89. The van der Waals surface area contributed by atoms with Crippen LogP contribution in [0.3, 0.4) is 0 Å². The van der Waals surface area contributed by atoms with E-state index >= 15 is 0 Å². The highest BCUT2D eigenvalue weighted by atomic mass is 16.4. The van der Waals surface area contributed by atoms with Crippen LogP contribution in [0.1, 0.15) is 18.6 Å². The average molecular weight is 237 g/mol. The molecule has 2 rings (SSSR count). The molecule has 1 N–H and O–H groups in total. The van der Waals surface area contributed by atoms with Crippen molar-refractivity contribution in [1.29, 1.82) is 0 Å². The van der Waals surface area contributed by atoms with Gasteiger partial charge >= 0.3 is 5.97 Å². The molecular formula is C12H15NO4. The number of carbonyl (C=O) groups excluding carboxylic acids is 1. The monoisotopic (exact) mass is 237 g/mol. The lowest BCUT2D eigenvalue weighted by molar-refractivity contribution is -0.147. The molecule has 5 nitrogen and oxygen atoms in total. The van der Waals surface area contributed by atoms with Gasteiger partial charge < -0.3 is 14.4 Å². The minimum absolute atomic E-state index is 0.0362. The zero-order valence-electron chi connectivity index (χ0n) is 9.46. The van der Waals surface area contributed by atoms with E-state index in [9.17, 15) is 9.59 Å². The molecule has 0 radical (unpaired) electrons. The number of carboxylic acid groups (broad SMARTS) is 1. The Hall–Kier alpha value is -1.78. The second kappa shape index (κ2) is 5.03. The summed E-state index contributed by atoms with van der Waals surface area (Å²) in [6.07, 6.45) is 3.00. The Morgan fingerprint density at radius 1 is 1.59 bits per heavy atom. The molecule has 17 heavy (non-hydrogen) atoms. The number of hydrogen-bond acceptors (Lipinski definition) is 3. The van der Waals surface area contributed by atoms with Gasteiger partial charge in [0.25, 0.3) is 0 Å². The maximum atomic E-state index is 11.6. The van der Waals surface area contributed by atoms with Crippen molar-refractivity contribution in [2.75, 3.05) is 13.1 Å². The highest BCUT2D eigenvalue weighted by molar-refractivity contribution is 5.80. The zero-order valence-corrected chi connectivity index (χ0v) is 9.46. The second-order valence-electron chi connectivity index (χ2n) is 4.24. The van der Waals surface area contributed by atoms with Crippen molar-refractivity contribution in [3.8, 4) is 0 Å². The summed E-state index contributed by atoms with van der Waals surface area (Å²) in [6.45, 7) is 0.838. The van der Waals surface area contributed by atoms with E-state index in [1.54, 1.807) is 17.2 Å². The molecular weight excluding hydrogens is 222 g/mol. The summed E-state index contributed by atoms with van der Waals surface area (Å²) >= 11 is 0. The number of nitrogens with zero attached hydrogens (tertiary/aromatic N) is 1. The fourth-order valence-corrected chi connectivity index (χ4v) is 2.03. The van der Waals surface area contributed by atoms with E-state index in [-0.39, 0.29) is 5.91 Å². The number of carboxylic acids is 1. The third-order valence-corrected chi connectivity index (χ3v) is 3.06. The van der Waals surface area contributed by atoms with Crippen molar-refractivity contribution in [3.63, 3.8) is 0 Å². The molecule has 0 saturated carbocycles. The number of aliphatic carboxylic acids is 1. The van der Waals surface area contributed by atoms with Crippen LogP contribution in [-0.4, -0.2) is 35.0 Å². The van der Waals surface area contributed by atoms with E-state index in [0.717, 1.165) is 5.76 Å². The third-order valence-electron chi connectivity index (χ3n) is 3.06. The van der Waals surface area contributed by atoms with Gasteiger partial charge in [0.05, 0.1) is 12.2 Å². The topological polar surface area (TPSA) is 70.8 Å². The fraction of sp³-hybridized carbons (Fsp3) is 0.500. The first kappa shape index (κ1) is 11.7. The molecule has 5 heteroatoms. The van der Waals surface area contributed by atoms with Gasteiger partial charge in [0.15, 0.2) is 0 Å². The number of hydrogen-bond donors (Lipinski definition) is 1. The number of rotatable bonds is 4. The molecule has 1 amide bonds. The molecule has 1 saturated heterocycles. The van der Waals surface area contributed by atoms with Crippen molar-refractivity contribution in [3.05, 3.63) is 24.2 Å². The van der Waals surface area contributed by atoms with Crippen LogP contribution >= 0.6 is 0 Å². The van der Waals surface area contributed by atoms with Crippen molar-refractivity contribution in [2.45, 2.75) is 19.3 Å². The minimum Gasteiger partial charge on any atom is -0.481 e. The normalized spacial score (nSPS) is 20.6. The van der Waals surface area contributed by atoms with Gasteiger partial charge in [-0.25, -0.2) is 0 Å². The quantitative estimate of drug-likeness (QED) is 0.852. The fourth-order valence-electron chi connectivity index (χ4n) is 2.03. The van der Waals surface area contributed by atoms with Crippen LogP contribution in [0.4, 0.5) is 0 Å². The van der Waals surface area contributed by atoms with Gasteiger partial charge in [0, 0.05) is 25.9 Å². The van der Waals surface area contributed by atoms with E-state index < -0.39 is 11.9 Å². The SMILES string of the molecule is O=C(O)C1CCC(=O)N(CCc2ccco2)C1. The molecule has 2 heterocycles. The van der Waals surface area contributed by atoms with E-state index in [2.05, 4.69) is 0 Å². The van der Waals surface area contributed by atoms with Crippen molar-refractivity contribution < 1.29 is 19.1 Å². The molecule has 0 aliphatic carbocycles. The van der Waals surface area contributed by atoms with Gasteiger partial charge in [-0.1, -0.05) is 0 Å². The molecule has 1 aliphatic heterocycles. The predicted octanol–water partition coefficient (Wildman–Crippen LogP) is 1.15. The van der Waals surface area contributed by atoms with Gasteiger partial charge in [-0.2, -0.15) is 0 Å². The number of likely N-dealkylation sites (tertiary alicyclic amines) is 1. The first-order valence-electron chi connectivity index (χ1n) is 5.70. The number of piperidine rings is 1. The van der Waals surface area contributed by atoms with Crippen LogP contribution in [0, 0.1) is 5.92 Å². The van der Waals surface area contributed by atoms with E-state index in [1.807, 2.05) is 6.07 Å². The Morgan fingerprint density at radius 2 is 2.41 bits per heavy atom. The second-order valence-corrected chi connectivity index (χ2v) is 4.24. The summed E-state index contributed by atoms with van der Waals surface area (Å²) in [7, 11) is 0. The largest absolute Gasteiger partial charge is 0.481 e. The van der Waals surface area contributed by atoms with E-state index in [4.69, 9.17) is 9.52 Å². The molecule has 1 fully saturated rings. The van der Waals surface area contributed by atoms with Crippen molar-refractivity contribution >= 4 is 11.9 Å². The lowest BCUT2D eigenvalue weighted by Crippen LogP contribution is -2.43. The smallest absolute Gasteiger partial charge is 0.308 e. The summed E-state index contributed by atoms with van der Waals surface area (Å²) in [5.41, 5.74) is 0. The predicted molar refractivity (Wildman–Crippen MR) is 59.4 cm³/mol. The summed E-state index contributed by atoms with van der Waals surface area (Å²) in [6, 6.07) is 3.65. The zero-order chi connectivity index (χ0) is 12.3. The Morgan fingerprint density at radius 3 is 3.06 bits per heavy atom. The number of furan rings is 1. The summed E-state index contributed by atoms with van der Waals surface area (Å²) in [5.74, 6) is -0.394. The van der Waals surface area contributed by atoms with Crippen LogP contribution in [0.5, 0.6) is 0 Å². The summed E-state index contributed by atoms with van der Waals surface area (Å²) < 4.78 is 5.18. The molecule has 1 aromatic rings. The molecule has 0 bridgehead atoms. The molecule has 1 aliphatic rings.